The third kappa shape index (κ3) is 3.22. The Kier molecular flexibility index (Phi) is 4.33. The topological polar surface area (TPSA) is 55.2 Å². The summed E-state index contributed by atoms with van der Waals surface area (Å²) in [6.45, 7) is -0.763. The van der Waals surface area contributed by atoms with Crippen molar-refractivity contribution in [2.75, 3.05) is 11.9 Å². The summed E-state index contributed by atoms with van der Waals surface area (Å²) < 4.78 is 37.0. The number of nitrogens with one attached hydrogen (secondary N) is 1. The first kappa shape index (κ1) is 13.0. The van der Waals surface area contributed by atoms with E-state index in [2.05, 4.69) is 5.32 Å². The minimum absolute atomic E-state index is 0.0619. The number of nitrogens with zero attached hydrogens (tertiary/aromatic N) is 1. The van der Waals surface area contributed by atoms with Crippen molar-refractivity contribution in [1.29, 1.82) is 0 Å². The van der Waals surface area contributed by atoms with Gasteiger partial charge in [-0.05, 0) is 22.6 Å². The number of benzene rings is 1. The van der Waals surface area contributed by atoms with Crippen LogP contribution in [0.3, 0.4) is 0 Å². The van der Waals surface area contributed by atoms with Crippen LogP contribution in [0.4, 0.5) is 24.5 Å². The van der Waals surface area contributed by atoms with E-state index in [4.69, 9.17) is 0 Å². The van der Waals surface area contributed by atoms with Gasteiger partial charge >= 0.3 is 0 Å². The van der Waals surface area contributed by atoms with E-state index >= 15 is 0 Å². The van der Waals surface area contributed by atoms with Gasteiger partial charge in [-0.1, -0.05) is 0 Å². The van der Waals surface area contributed by atoms with E-state index in [1.54, 1.807) is 22.6 Å². The Hall–Kier alpha value is -1.06. The Morgan fingerprint density at radius 2 is 2.12 bits per heavy atom. The van der Waals surface area contributed by atoms with Crippen LogP contribution in [-0.4, -0.2) is 17.9 Å². The molecule has 1 N–H and O–H groups in total. The lowest BCUT2D eigenvalue weighted by Gasteiger charge is -2.07. The van der Waals surface area contributed by atoms with Crippen LogP contribution in [0.1, 0.15) is 0 Å². The third-order valence-corrected chi connectivity index (χ3v) is 2.51. The lowest BCUT2D eigenvalue weighted by molar-refractivity contribution is -0.384. The molecule has 0 saturated carbocycles. The van der Waals surface area contributed by atoms with Crippen LogP contribution in [-0.2, 0) is 0 Å². The van der Waals surface area contributed by atoms with Crippen molar-refractivity contribution in [3.05, 3.63) is 31.6 Å². The van der Waals surface area contributed by atoms with Gasteiger partial charge in [-0.3, -0.25) is 10.1 Å². The quantitative estimate of drug-likeness (QED) is 0.518. The van der Waals surface area contributed by atoms with Crippen LogP contribution in [0.5, 0.6) is 0 Å². The fourth-order valence-corrected chi connectivity index (χ4v) is 1.47. The number of rotatable bonds is 4. The van der Waals surface area contributed by atoms with E-state index in [1.807, 2.05) is 0 Å². The standard InChI is InChI=1S/C8H6F3IN2O2/c9-4-1-6(13-3-8(10)11)7(14(15)16)2-5(4)12/h1-2,8,13H,3H2. The molecule has 0 amide bonds. The van der Waals surface area contributed by atoms with Crippen molar-refractivity contribution < 1.29 is 18.1 Å². The van der Waals surface area contributed by atoms with E-state index in [1.165, 1.54) is 0 Å². The van der Waals surface area contributed by atoms with Gasteiger partial charge in [0.25, 0.3) is 12.1 Å². The molecular weight excluding hydrogens is 340 g/mol. The van der Waals surface area contributed by atoms with Gasteiger partial charge in [0.2, 0.25) is 0 Å². The Balaban J connectivity index is 3.05. The Morgan fingerprint density at radius 3 is 2.62 bits per heavy atom. The fraction of sp³-hybridized carbons (Fsp3) is 0.250. The molecule has 0 aliphatic carbocycles. The van der Waals surface area contributed by atoms with Gasteiger partial charge in [0, 0.05) is 12.1 Å². The molecule has 88 valence electrons. The number of hydrogen-bond donors (Lipinski definition) is 1. The molecule has 0 saturated heterocycles. The summed E-state index contributed by atoms with van der Waals surface area (Å²) in [5, 5.41) is 12.7. The molecule has 0 aliphatic rings. The fourth-order valence-electron chi connectivity index (χ4n) is 1.02. The zero-order valence-electron chi connectivity index (χ0n) is 7.71. The van der Waals surface area contributed by atoms with Crippen LogP contribution < -0.4 is 5.32 Å². The predicted molar refractivity (Wildman–Crippen MR) is 60.3 cm³/mol. The number of nitro benzene ring substituents is 1. The highest BCUT2D eigenvalue weighted by molar-refractivity contribution is 14.1. The summed E-state index contributed by atoms with van der Waals surface area (Å²) in [5.41, 5.74) is -0.672. The van der Waals surface area contributed by atoms with E-state index < -0.39 is 29.4 Å². The van der Waals surface area contributed by atoms with Gasteiger partial charge < -0.3 is 5.32 Å². The highest BCUT2D eigenvalue weighted by atomic mass is 127. The molecule has 16 heavy (non-hydrogen) atoms. The predicted octanol–water partition coefficient (Wildman–Crippen LogP) is 3.02. The summed E-state index contributed by atoms with van der Waals surface area (Å²) in [5.74, 6) is -0.692. The van der Waals surface area contributed by atoms with Gasteiger partial charge in [0.05, 0.1) is 15.0 Å². The molecule has 0 heterocycles. The number of halogens is 4. The summed E-state index contributed by atoms with van der Waals surface area (Å²) in [4.78, 5) is 9.83. The van der Waals surface area contributed by atoms with Gasteiger partial charge in [0.1, 0.15) is 11.5 Å². The second kappa shape index (κ2) is 5.32. The molecule has 4 nitrogen and oxygen atoms in total. The van der Waals surface area contributed by atoms with Crippen molar-refractivity contribution in [1.82, 2.24) is 0 Å². The molecule has 0 radical (unpaired) electrons. The monoisotopic (exact) mass is 346 g/mol. The van der Waals surface area contributed by atoms with Gasteiger partial charge in [-0.25, -0.2) is 13.2 Å². The minimum Gasteiger partial charge on any atom is -0.374 e. The van der Waals surface area contributed by atoms with E-state index in [9.17, 15) is 23.3 Å². The van der Waals surface area contributed by atoms with Crippen LogP contribution >= 0.6 is 22.6 Å². The van der Waals surface area contributed by atoms with Gasteiger partial charge in [-0.2, -0.15) is 0 Å². The maximum atomic E-state index is 13.1. The summed E-state index contributed by atoms with van der Waals surface area (Å²) in [6, 6.07) is 1.83. The first-order valence-corrected chi connectivity index (χ1v) is 5.15. The highest BCUT2D eigenvalue weighted by Gasteiger charge is 2.18. The molecule has 0 unspecified atom stereocenters. The van der Waals surface area contributed by atoms with Crippen molar-refractivity contribution in [2.45, 2.75) is 6.43 Å². The summed E-state index contributed by atoms with van der Waals surface area (Å²) in [6.07, 6.45) is -2.66. The van der Waals surface area contributed by atoms with Crippen molar-refractivity contribution in [3.8, 4) is 0 Å². The molecule has 8 heteroatoms. The minimum atomic E-state index is -2.66. The molecule has 1 rings (SSSR count). The second-order valence-corrected chi connectivity index (χ2v) is 3.97. The number of alkyl halides is 2. The van der Waals surface area contributed by atoms with E-state index in [0.717, 1.165) is 12.1 Å². The van der Waals surface area contributed by atoms with Gasteiger partial charge in [-0.15, -0.1) is 0 Å². The second-order valence-electron chi connectivity index (χ2n) is 2.81. The zero-order valence-corrected chi connectivity index (χ0v) is 9.87. The molecule has 0 atom stereocenters. The smallest absolute Gasteiger partial charge is 0.293 e. The lowest BCUT2D eigenvalue weighted by atomic mass is 10.2. The third-order valence-electron chi connectivity index (χ3n) is 1.68. The van der Waals surface area contributed by atoms with Crippen LogP contribution in [0.15, 0.2) is 12.1 Å². The maximum Gasteiger partial charge on any atom is 0.293 e. The van der Waals surface area contributed by atoms with Crippen LogP contribution in [0, 0.1) is 19.5 Å². The van der Waals surface area contributed by atoms with Crippen LogP contribution in [0.25, 0.3) is 0 Å². The van der Waals surface area contributed by atoms with Crippen molar-refractivity contribution in [2.24, 2.45) is 0 Å². The average Bonchev–Trinajstić information content (AvgIpc) is 2.18. The summed E-state index contributed by atoms with van der Waals surface area (Å²) in [7, 11) is 0. The molecule has 1 aromatic carbocycles. The Morgan fingerprint density at radius 1 is 1.50 bits per heavy atom. The van der Waals surface area contributed by atoms with Crippen molar-refractivity contribution in [3.63, 3.8) is 0 Å². The molecule has 0 aromatic heterocycles. The van der Waals surface area contributed by atoms with Crippen molar-refractivity contribution >= 4 is 34.0 Å². The number of nitro groups is 1. The molecule has 0 fully saturated rings. The first-order chi connectivity index (χ1) is 7.41. The molecular formula is C8H6F3IN2O2. The number of anilines is 1. The Labute approximate surface area is 102 Å². The summed E-state index contributed by atoms with van der Waals surface area (Å²) >= 11 is 1.59. The molecule has 1 aromatic rings. The Bertz CT molecular complexity index is 415. The van der Waals surface area contributed by atoms with Crippen LogP contribution in [0.2, 0.25) is 0 Å². The maximum absolute atomic E-state index is 13.1. The largest absolute Gasteiger partial charge is 0.374 e. The lowest BCUT2D eigenvalue weighted by Crippen LogP contribution is -2.12. The molecule has 0 bridgehead atoms. The zero-order chi connectivity index (χ0) is 12.3. The van der Waals surface area contributed by atoms with Gasteiger partial charge in [0.15, 0.2) is 0 Å². The van der Waals surface area contributed by atoms with E-state index in [0.29, 0.717) is 0 Å². The SMILES string of the molecule is O=[N+]([O-])c1cc(I)c(F)cc1NCC(F)F. The average molecular weight is 346 g/mol. The normalized spacial score (nSPS) is 10.6. The number of hydrogen-bond acceptors (Lipinski definition) is 3. The molecule has 0 spiro atoms. The highest BCUT2D eigenvalue weighted by Crippen LogP contribution is 2.28. The first-order valence-electron chi connectivity index (χ1n) is 4.07. The van der Waals surface area contributed by atoms with E-state index in [-0.39, 0.29) is 9.26 Å². The molecule has 0 aliphatic heterocycles.